The zero-order valence-corrected chi connectivity index (χ0v) is 8.44. The molecule has 0 radical (unpaired) electrons. The van der Waals surface area contributed by atoms with E-state index in [-0.39, 0.29) is 5.54 Å². The predicted molar refractivity (Wildman–Crippen MR) is 55.5 cm³/mol. The van der Waals surface area contributed by atoms with Gasteiger partial charge in [0.05, 0.1) is 0 Å². The molecular formula is C10H15NS. The molecule has 0 aliphatic heterocycles. The molecule has 1 aromatic rings. The van der Waals surface area contributed by atoms with E-state index in [4.69, 9.17) is 5.73 Å². The van der Waals surface area contributed by atoms with E-state index in [0.717, 1.165) is 11.3 Å². The second-order valence-corrected chi connectivity index (χ2v) is 3.83. The van der Waals surface area contributed by atoms with Crippen molar-refractivity contribution in [1.29, 1.82) is 0 Å². The predicted octanol–water partition coefficient (Wildman–Crippen LogP) is 2.56. The van der Waals surface area contributed by atoms with E-state index in [2.05, 4.69) is 19.6 Å². The lowest BCUT2D eigenvalue weighted by atomic mass is 9.91. The fraction of sp³-hybridized carbons (Fsp3) is 0.400. The molecule has 0 spiro atoms. The first-order valence-corrected chi connectivity index (χ1v) is 4.59. The molecule has 0 saturated carbocycles. The molecule has 2 heteroatoms. The molecule has 0 bridgehead atoms. The maximum Gasteiger partial charge on any atom is 0.0378 e. The van der Waals surface area contributed by atoms with Crippen molar-refractivity contribution in [1.82, 2.24) is 0 Å². The van der Waals surface area contributed by atoms with Crippen LogP contribution in [0.2, 0.25) is 0 Å². The monoisotopic (exact) mass is 181 g/mol. The fourth-order valence-electron chi connectivity index (χ4n) is 1.05. The van der Waals surface area contributed by atoms with Gasteiger partial charge in [-0.15, -0.1) is 12.6 Å². The minimum Gasteiger partial charge on any atom is -0.322 e. The highest BCUT2D eigenvalue weighted by Crippen LogP contribution is 2.21. The number of hydrogen-bond donors (Lipinski definition) is 2. The molecule has 1 aromatic carbocycles. The van der Waals surface area contributed by atoms with Crippen LogP contribution in [0.25, 0.3) is 0 Å². The first kappa shape index (κ1) is 9.62. The van der Waals surface area contributed by atoms with E-state index in [0.29, 0.717) is 0 Å². The van der Waals surface area contributed by atoms with Crippen molar-refractivity contribution in [3.05, 3.63) is 29.8 Å². The number of thiol groups is 1. The topological polar surface area (TPSA) is 26.0 Å². The van der Waals surface area contributed by atoms with Crippen molar-refractivity contribution in [3.63, 3.8) is 0 Å². The number of nitrogens with two attached hydrogens (primary N) is 1. The quantitative estimate of drug-likeness (QED) is 0.674. The average molecular weight is 181 g/mol. The highest BCUT2D eigenvalue weighted by atomic mass is 32.1. The van der Waals surface area contributed by atoms with Gasteiger partial charge in [-0.3, -0.25) is 0 Å². The third-order valence-electron chi connectivity index (χ3n) is 2.26. The number of benzene rings is 1. The Hall–Kier alpha value is -0.470. The Morgan fingerprint density at radius 1 is 1.33 bits per heavy atom. The molecule has 0 amide bonds. The zero-order valence-electron chi connectivity index (χ0n) is 7.54. The lowest BCUT2D eigenvalue weighted by Gasteiger charge is -2.23. The molecule has 1 unspecified atom stereocenters. The summed E-state index contributed by atoms with van der Waals surface area (Å²) < 4.78 is 0. The normalized spacial score (nSPS) is 15.7. The van der Waals surface area contributed by atoms with Gasteiger partial charge in [-0.05, 0) is 31.0 Å². The van der Waals surface area contributed by atoms with E-state index < -0.39 is 0 Å². The van der Waals surface area contributed by atoms with E-state index >= 15 is 0 Å². The Balaban J connectivity index is 2.96. The zero-order chi connectivity index (χ0) is 9.19. The van der Waals surface area contributed by atoms with Crippen LogP contribution in [-0.4, -0.2) is 0 Å². The minimum atomic E-state index is -0.207. The number of rotatable bonds is 2. The van der Waals surface area contributed by atoms with Crippen LogP contribution >= 0.6 is 12.6 Å². The minimum absolute atomic E-state index is 0.207. The molecule has 0 heterocycles. The SMILES string of the molecule is CCC(C)(N)c1ccc(S)cc1. The summed E-state index contributed by atoms with van der Waals surface area (Å²) in [6.07, 6.45) is 0.943. The Kier molecular flexibility index (Phi) is 2.80. The summed E-state index contributed by atoms with van der Waals surface area (Å²) in [5.41, 5.74) is 7.02. The molecule has 0 aromatic heterocycles. The van der Waals surface area contributed by atoms with Crippen LogP contribution in [0.4, 0.5) is 0 Å². The van der Waals surface area contributed by atoms with Crippen molar-refractivity contribution >= 4 is 12.6 Å². The van der Waals surface area contributed by atoms with Crippen molar-refractivity contribution in [3.8, 4) is 0 Å². The summed E-state index contributed by atoms with van der Waals surface area (Å²) in [4.78, 5) is 0.977. The second-order valence-electron chi connectivity index (χ2n) is 3.32. The van der Waals surface area contributed by atoms with Crippen LogP contribution in [0.5, 0.6) is 0 Å². The average Bonchev–Trinajstić information content (AvgIpc) is 2.05. The first-order valence-electron chi connectivity index (χ1n) is 4.14. The van der Waals surface area contributed by atoms with Crippen LogP contribution in [0.3, 0.4) is 0 Å². The summed E-state index contributed by atoms with van der Waals surface area (Å²) in [5, 5.41) is 0. The van der Waals surface area contributed by atoms with Crippen LogP contribution in [-0.2, 0) is 5.54 Å². The van der Waals surface area contributed by atoms with Crippen LogP contribution in [0.15, 0.2) is 29.2 Å². The smallest absolute Gasteiger partial charge is 0.0378 e. The third-order valence-corrected chi connectivity index (χ3v) is 2.56. The van der Waals surface area contributed by atoms with Gasteiger partial charge in [0.1, 0.15) is 0 Å². The van der Waals surface area contributed by atoms with E-state index in [1.807, 2.05) is 31.2 Å². The summed E-state index contributed by atoms with van der Waals surface area (Å²) in [6.45, 7) is 4.13. The Bertz CT molecular complexity index is 251. The maximum atomic E-state index is 6.06. The van der Waals surface area contributed by atoms with Gasteiger partial charge in [0.15, 0.2) is 0 Å². The Morgan fingerprint density at radius 2 is 1.83 bits per heavy atom. The van der Waals surface area contributed by atoms with Gasteiger partial charge >= 0.3 is 0 Å². The summed E-state index contributed by atoms with van der Waals surface area (Å²) >= 11 is 4.22. The van der Waals surface area contributed by atoms with Gasteiger partial charge in [-0.25, -0.2) is 0 Å². The highest BCUT2D eigenvalue weighted by molar-refractivity contribution is 7.80. The summed E-state index contributed by atoms with van der Waals surface area (Å²) in [6, 6.07) is 8.01. The van der Waals surface area contributed by atoms with Gasteiger partial charge in [0.2, 0.25) is 0 Å². The molecule has 1 nitrogen and oxygen atoms in total. The molecular weight excluding hydrogens is 166 g/mol. The lowest BCUT2D eigenvalue weighted by molar-refractivity contribution is 0.476. The van der Waals surface area contributed by atoms with E-state index in [1.54, 1.807) is 0 Å². The van der Waals surface area contributed by atoms with Crippen LogP contribution in [0, 0.1) is 0 Å². The second kappa shape index (κ2) is 3.50. The van der Waals surface area contributed by atoms with Gasteiger partial charge in [0.25, 0.3) is 0 Å². The van der Waals surface area contributed by atoms with E-state index in [9.17, 15) is 0 Å². The van der Waals surface area contributed by atoms with E-state index in [1.165, 1.54) is 5.56 Å². The molecule has 1 rings (SSSR count). The summed E-state index contributed by atoms with van der Waals surface area (Å²) in [5.74, 6) is 0. The molecule has 0 fully saturated rings. The van der Waals surface area contributed by atoms with Crippen molar-refractivity contribution < 1.29 is 0 Å². The highest BCUT2D eigenvalue weighted by Gasteiger charge is 2.17. The molecule has 12 heavy (non-hydrogen) atoms. The summed E-state index contributed by atoms with van der Waals surface area (Å²) in [7, 11) is 0. The number of hydrogen-bond acceptors (Lipinski definition) is 2. The van der Waals surface area contributed by atoms with Gasteiger partial charge in [0, 0.05) is 10.4 Å². The molecule has 66 valence electrons. The Labute approximate surface area is 79.4 Å². The van der Waals surface area contributed by atoms with Crippen molar-refractivity contribution in [2.75, 3.05) is 0 Å². The Morgan fingerprint density at radius 3 is 2.25 bits per heavy atom. The van der Waals surface area contributed by atoms with Crippen LogP contribution < -0.4 is 5.73 Å². The molecule has 0 saturated heterocycles. The lowest BCUT2D eigenvalue weighted by Crippen LogP contribution is -2.31. The van der Waals surface area contributed by atoms with Crippen molar-refractivity contribution in [2.24, 2.45) is 5.73 Å². The molecule has 0 aliphatic carbocycles. The van der Waals surface area contributed by atoms with Gasteiger partial charge in [-0.2, -0.15) is 0 Å². The van der Waals surface area contributed by atoms with Gasteiger partial charge in [-0.1, -0.05) is 19.1 Å². The van der Waals surface area contributed by atoms with Gasteiger partial charge < -0.3 is 5.73 Å². The molecule has 0 aliphatic rings. The first-order chi connectivity index (χ1) is 5.56. The standard InChI is InChI=1S/C10H15NS/c1-3-10(2,11)8-4-6-9(12)7-5-8/h4-7,12H,3,11H2,1-2H3. The van der Waals surface area contributed by atoms with Crippen LogP contribution in [0.1, 0.15) is 25.8 Å². The molecule has 1 atom stereocenters. The third kappa shape index (κ3) is 2.02. The largest absolute Gasteiger partial charge is 0.322 e. The van der Waals surface area contributed by atoms with Crippen molar-refractivity contribution in [2.45, 2.75) is 30.7 Å². The molecule has 2 N–H and O–H groups in total. The maximum absolute atomic E-state index is 6.06. The fourth-order valence-corrected chi connectivity index (χ4v) is 1.20.